The minimum absolute atomic E-state index is 0.0194. The van der Waals surface area contributed by atoms with Crippen LogP contribution in [-0.4, -0.2) is 7.05 Å². The first-order valence-corrected chi connectivity index (χ1v) is 7.44. The average Bonchev–Trinajstić information content (AvgIpc) is 2.80. The van der Waals surface area contributed by atoms with Gasteiger partial charge < -0.3 is 4.90 Å². The van der Waals surface area contributed by atoms with E-state index in [9.17, 15) is 8.78 Å². The molecule has 0 saturated carbocycles. The summed E-state index contributed by atoms with van der Waals surface area (Å²) in [5.74, 6) is -1.05. The van der Waals surface area contributed by atoms with E-state index >= 15 is 0 Å². The number of hydrogen-bond acceptors (Lipinski definition) is 2. The van der Waals surface area contributed by atoms with Crippen LogP contribution in [0.4, 0.5) is 14.5 Å². The van der Waals surface area contributed by atoms with E-state index in [0.717, 1.165) is 5.56 Å². The van der Waals surface area contributed by atoms with E-state index in [-0.39, 0.29) is 5.69 Å². The Morgan fingerprint density at radius 3 is 2.39 bits per heavy atom. The predicted molar refractivity (Wildman–Crippen MR) is 75.4 cm³/mol. The highest BCUT2D eigenvalue weighted by Gasteiger charge is 2.15. The van der Waals surface area contributed by atoms with Crippen LogP contribution in [0.2, 0.25) is 0 Å². The van der Waals surface area contributed by atoms with Gasteiger partial charge in [-0.1, -0.05) is 15.9 Å². The maximum absolute atomic E-state index is 13.9. The van der Waals surface area contributed by atoms with Gasteiger partial charge in [0.1, 0.15) is 17.3 Å². The summed E-state index contributed by atoms with van der Waals surface area (Å²) in [4.78, 5) is 1.59. The zero-order valence-electron chi connectivity index (χ0n) is 9.79. The van der Waals surface area contributed by atoms with Crippen molar-refractivity contribution in [2.75, 3.05) is 11.9 Å². The molecule has 0 spiro atoms. The van der Waals surface area contributed by atoms with E-state index in [1.807, 2.05) is 16.8 Å². The maximum atomic E-state index is 13.9. The summed E-state index contributed by atoms with van der Waals surface area (Å²) in [6.45, 7) is 0.491. The van der Waals surface area contributed by atoms with Crippen molar-refractivity contribution in [1.82, 2.24) is 0 Å². The Hall–Kier alpha value is -0.940. The van der Waals surface area contributed by atoms with Gasteiger partial charge in [0, 0.05) is 18.9 Å². The fourth-order valence-corrected chi connectivity index (χ4v) is 2.78. The summed E-state index contributed by atoms with van der Waals surface area (Å²) in [5.41, 5.74) is 1.66. The monoisotopic (exact) mass is 331 g/mol. The Bertz CT molecular complexity index is 505. The second kappa shape index (κ2) is 5.80. The number of thiophene rings is 1. The van der Waals surface area contributed by atoms with Crippen LogP contribution in [-0.2, 0) is 11.9 Å². The van der Waals surface area contributed by atoms with Gasteiger partial charge in [-0.2, -0.15) is 11.3 Å². The lowest BCUT2D eigenvalue weighted by Gasteiger charge is -2.20. The van der Waals surface area contributed by atoms with Crippen molar-refractivity contribution >= 4 is 33.0 Å². The second-order valence-electron chi connectivity index (χ2n) is 4.03. The van der Waals surface area contributed by atoms with Gasteiger partial charge in [0.25, 0.3) is 0 Å². The van der Waals surface area contributed by atoms with E-state index in [4.69, 9.17) is 0 Å². The van der Waals surface area contributed by atoms with E-state index in [1.165, 1.54) is 12.1 Å². The van der Waals surface area contributed by atoms with Crippen molar-refractivity contribution in [3.8, 4) is 0 Å². The van der Waals surface area contributed by atoms with Gasteiger partial charge in [-0.15, -0.1) is 0 Å². The molecule has 0 aliphatic carbocycles. The van der Waals surface area contributed by atoms with Gasteiger partial charge in [0.15, 0.2) is 0 Å². The van der Waals surface area contributed by atoms with Gasteiger partial charge in [-0.05, 0) is 40.1 Å². The normalized spacial score (nSPS) is 10.7. The smallest absolute Gasteiger partial charge is 0.149 e. The third kappa shape index (κ3) is 2.90. The van der Waals surface area contributed by atoms with Crippen molar-refractivity contribution in [2.24, 2.45) is 0 Å². The number of benzene rings is 1. The lowest BCUT2D eigenvalue weighted by atomic mass is 10.2. The van der Waals surface area contributed by atoms with Crippen LogP contribution in [0.25, 0.3) is 0 Å². The average molecular weight is 332 g/mol. The molecule has 1 heterocycles. The van der Waals surface area contributed by atoms with Crippen molar-refractivity contribution in [1.29, 1.82) is 0 Å². The molecule has 1 aromatic carbocycles. The fraction of sp³-hybridized carbons (Fsp3) is 0.231. The predicted octanol–water partition coefficient (Wildman–Crippen LogP) is 4.56. The zero-order valence-corrected chi connectivity index (χ0v) is 12.2. The number of alkyl halides is 1. The largest absolute Gasteiger partial charge is 0.365 e. The Morgan fingerprint density at radius 2 is 1.89 bits per heavy atom. The Balaban J connectivity index is 2.27. The first-order chi connectivity index (χ1) is 8.61. The van der Waals surface area contributed by atoms with Crippen LogP contribution in [0.3, 0.4) is 0 Å². The molecule has 0 atom stereocenters. The van der Waals surface area contributed by atoms with E-state index in [2.05, 4.69) is 15.9 Å². The number of anilines is 1. The highest BCUT2D eigenvalue weighted by molar-refractivity contribution is 9.08. The van der Waals surface area contributed by atoms with Crippen molar-refractivity contribution in [3.05, 3.63) is 51.7 Å². The lowest BCUT2D eigenvalue weighted by Crippen LogP contribution is -2.19. The van der Waals surface area contributed by atoms with Crippen LogP contribution in [0.1, 0.15) is 11.1 Å². The summed E-state index contributed by atoms with van der Waals surface area (Å²) in [6.07, 6.45) is 0. The number of rotatable bonds is 4. The molecule has 0 bridgehead atoms. The highest BCUT2D eigenvalue weighted by Crippen LogP contribution is 2.26. The Morgan fingerprint density at radius 1 is 1.22 bits per heavy atom. The molecule has 2 aromatic rings. The summed E-state index contributed by atoms with van der Waals surface area (Å²) >= 11 is 4.76. The molecule has 18 heavy (non-hydrogen) atoms. The van der Waals surface area contributed by atoms with Gasteiger partial charge in [-0.25, -0.2) is 8.78 Å². The number of nitrogens with zero attached hydrogens (tertiary/aromatic N) is 1. The van der Waals surface area contributed by atoms with E-state index in [1.54, 1.807) is 23.3 Å². The molecule has 1 aromatic heterocycles. The van der Waals surface area contributed by atoms with Crippen molar-refractivity contribution < 1.29 is 8.78 Å². The second-order valence-corrected chi connectivity index (χ2v) is 5.37. The van der Waals surface area contributed by atoms with E-state index in [0.29, 0.717) is 17.4 Å². The van der Waals surface area contributed by atoms with Crippen LogP contribution >= 0.6 is 27.3 Å². The molecule has 2 rings (SSSR count). The van der Waals surface area contributed by atoms with Gasteiger partial charge in [0.05, 0.1) is 0 Å². The molecule has 0 fully saturated rings. The minimum Gasteiger partial charge on any atom is -0.365 e. The Labute approximate surface area is 117 Å². The highest BCUT2D eigenvalue weighted by atomic mass is 79.9. The summed E-state index contributed by atoms with van der Waals surface area (Å²) in [7, 11) is 1.69. The molecule has 1 nitrogen and oxygen atoms in total. The standard InChI is InChI=1S/C13H12BrF2NS/c1-17(7-9-2-3-18-8-9)13-11(15)4-10(6-14)5-12(13)16/h2-5,8H,6-7H2,1H3. The fourth-order valence-electron chi connectivity index (χ4n) is 1.80. The van der Waals surface area contributed by atoms with Crippen LogP contribution in [0.5, 0.6) is 0 Å². The van der Waals surface area contributed by atoms with Crippen molar-refractivity contribution in [3.63, 3.8) is 0 Å². The molecule has 0 saturated heterocycles. The summed E-state index contributed by atoms with van der Waals surface area (Å²) in [6, 6.07) is 4.67. The Kier molecular flexibility index (Phi) is 4.35. The number of hydrogen-bond donors (Lipinski definition) is 0. The molecule has 0 aliphatic heterocycles. The van der Waals surface area contributed by atoms with Gasteiger partial charge >= 0.3 is 0 Å². The SMILES string of the molecule is CN(Cc1ccsc1)c1c(F)cc(CBr)cc1F. The first-order valence-electron chi connectivity index (χ1n) is 5.38. The molecular formula is C13H12BrF2NS. The molecule has 0 radical (unpaired) electrons. The summed E-state index contributed by atoms with van der Waals surface area (Å²) in [5, 5.41) is 4.36. The quantitative estimate of drug-likeness (QED) is 0.742. The van der Waals surface area contributed by atoms with Gasteiger partial charge in [-0.3, -0.25) is 0 Å². The third-order valence-electron chi connectivity index (χ3n) is 2.61. The zero-order chi connectivity index (χ0) is 13.1. The first kappa shape index (κ1) is 13.5. The van der Waals surface area contributed by atoms with Crippen molar-refractivity contribution in [2.45, 2.75) is 11.9 Å². The molecule has 0 N–H and O–H groups in total. The molecule has 96 valence electrons. The van der Waals surface area contributed by atoms with Crippen LogP contribution in [0.15, 0.2) is 29.0 Å². The molecule has 0 amide bonds. The molecular weight excluding hydrogens is 320 g/mol. The minimum atomic E-state index is -0.526. The molecule has 0 unspecified atom stereocenters. The number of halogens is 3. The van der Waals surface area contributed by atoms with Crippen LogP contribution in [0, 0.1) is 11.6 Å². The molecule has 0 aliphatic rings. The topological polar surface area (TPSA) is 3.24 Å². The molecule has 5 heteroatoms. The van der Waals surface area contributed by atoms with E-state index < -0.39 is 11.6 Å². The lowest BCUT2D eigenvalue weighted by molar-refractivity contribution is 0.575. The third-order valence-corrected chi connectivity index (χ3v) is 3.99. The maximum Gasteiger partial charge on any atom is 0.149 e. The van der Waals surface area contributed by atoms with Gasteiger partial charge in [0.2, 0.25) is 0 Å². The van der Waals surface area contributed by atoms with Crippen LogP contribution < -0.4 is 4.90 Å². The summed E-state index contributed by atoms with van der Waals surface area (Å²) < 4.78 is 27.8.